The summed E-state index contributed by atoms with van der Waals surface area (Å²) in [5.74, 6) is 0.227. The lowest BCUT2D eigenvalue weighted by Crippen LogP contribution is -2.42. The number of piperidine rings is 1. The molecule has 0 N–H and O–H groups in total. The summed E-state index contributed by atoms with van der Waals surface area (Å²) in [6, 6.07) is 23.3. The van der Waals surface area contributed by atoms with Crippen molar-refractivity contribution in [3.8, 4) is 6.07 Å². The number of hydrogen-bond acceptors (Lipinski definition) is 2. The first-order valence-corrected chi connectivity index (χ1v) is 9.02. The molecule has 24 heavy (non-hydrogen) atoms. The molecule has 0 aromatic heterocycles. The quantitative estimate of drug-likeness (QED) is 0.804. The second-order valence-corrected chi connectivity index (χ2v) is 6.91. The maximum absolute atomic E-state index is 10.3. The van der Waals surface area contributed by atoms with E-state index >= 15 is 0 Å². The molecule has 0 unspecified atom stereocenters. The van der Waals surface area contributed by atoms with Gasteiger partial charge in [0.15, 0.2) is 0 Å². The van der Waals surface area contributed by atoms with Gasteiger partial charge in [-0.2, -0.15) is 5.26 Å². The summed E-state index contributed by atoms with van der Waals surface area (Å²) in [7, 11) is 0. The van der Waals surface area contributed by atoms with Crippen LogP contribution in [0, 0.1) is 17.2 Å². The lowest BCUT2D eigenvalue weighted by atomic mass is 9.67. The van der Waals surface area contributed by atoms with Crippen LogP contribution in [0.5, 0.6) is 0 Å². The van der Waals surface area contributed by atoms with E-state index in [4.69, 9.17) is 0 Å². The fraction of sp³-hybridized carbons (Fsp3) is 0.409. The van der Waals surface area contributed by atoms with Gasteiger partial charge in [-0.25, -0.2) is 0 Å². The molecule has 2 aromatic carbocycles. The number of nitriles is 1. The fourth-order valence-corrected chi connectivity index (χ4v) is 4.04. The lowest BCUT2D eigenvalue weighted by Gasteiger charge is -2.38. The normalized spacial score (nSPS) is 17.2. The van der Waals surface area contributed by atoms with Gasteiger partial charge in [0.25, 0.3) is 0 Å². The van der Waals surface area contributed by atoms with Crippen LogP contribution < -0.4 is 0 Å². The number of benzene rings is 2. The topological polar surface area (TPSA) is 27.0 Å². The van der Waals surface area contributed by atoms with Gasteiger partial charge >= 0.3 is 0 Å². The molecule has 0 amide bonds. The zero-order valence-electron chi connectivity index (χ0n) is 14.5. The van der Waals surface area contributed by atoms with E-state index in [1.165, 1.54) is 19.3 Å². The average Bonchev–Trinajstić information content (AvgIpc) is 2.65. The molecule has 0 aliphatic carbocycles. The largest absolute Gasteiger partial charge is 0.303 e. The van der Waals surface area contributed by atoms with E-state index in [0.29, 0.717) is 0 Å². The highest BCUT2D eigenvalue weighted by molar-refractivity contribution is 5.46. The zero-order chi connectivity index (χ0) is 16.8. The number of hydrogen-bond donors (Lipinski definition) is 0. The summed E-state index contributed by atoms with van der Waals surface area (Å²) in [6.45, 7) is 5.53. The number of nitrogens with zero attached hydrogens (tertiary/aromatic N) is 2. The van der Waals surface area contributed by atoms with Crippen LogP contribution in [-0.4, -0.2) is 24.5 Å². The van der Waals surface area contributed by atoms with E-state index < -0.39 is 5.41 Å². The van der Waals surface area contributed by atoms with Gasteiger partial charge in [-0.3, -0.25) is 0 Å². The molecule has 1 fully saturated rings. The van der Waals surface area contributed by atoms with Crippen LogP contribution in [0.4, 0.5) is 0 Å². The molecule has 2 aromatic rings. The second-order valence-electron chi connectivity index (χ2n) is 6.91. The van der Waals surface area contributed by atoms with E-state index in [0.717, 1.165) is 30.8 Å². The van der Waals surface area contributed by atoms with Crippen LogP contribution >= 0.6 is 0 Å². The minimum atomic E-state index is -0.597. The summed E-state index contributed by atoms with van der Waals surface area (Å²) in [6.07, 6.45) is 3.90. The highest BCUT2D eigenvalue weighted by Crippen LogP contribution is 2.39. The standard InChI is InChI=1S/C22H26N2/c1-19(17-24-15-9-4-10-16-24)22(18-23,20-11-5-2-6-12-20)21-13-7-3-8-14-21/h2-3,5-8,11-14,19H,4,9-10,15-17H2,1H3/t19-/m1/s1. The maximum Gasteiger partial charge on any atom is 0.111 e. The van der Waals surface area contributed by atoms with Crippen LogP contribution in [0.25, 0.3) is 0 Å². The third-order valence-corrected chi connectivity index (χ3v) is 5.35. The van der Waals surface area contributed by atoms with Crippen LogP contribution in [0.3, 0.4) is 0 Å². The average molecular weight is 318 g/mol. The molecule has 0 saturated carbocycles. The van der Waals surface area contributed by atoms with Crippen LogP contribution in [-0.2, 0) is 5.41 Å². The van der Waals surface area contributed by atoms with E-state index in [1.54, 1.807) is 0 Å². The molecular weight excluding hydrogens is 292 g/mol. The molecule has 0 spiro atoms. The molecule has 124 valence electrons. The predicted molar refractivity (Wildman–Crippen MR) is 98.7 cm³/mol. The van der Waals surface area contributed by atoms with Crippen molar-refractivity contribution in [3.05, 3.63) is 71.8 Å². The van der Waals surface area contributed by atoms with E-state index in [1.807, 2.05) is 36.4 Å². The minimum absolute atomic E-state index is 0.227. The molecule has 2 nitrogen and oxygen atoms in total. The van der Waals surface area contributed by atoms with Crippen molar-refractivity contribution in [2.75, 3.05) is 19.6 Å². The Balaban J connectivity index is 1.99. The van der Waals surface area contributed by atoms with Gasteiger partial charge in [-0.1, -0.05) is 74.0 Å². The third kappa shape index (κ3) is 3.23. The SMILES string of the molecule is C[C@H](CN1CCCCC1)C(C#N)(c1ccccc1)c1ccccc1. The van der Waals surface area contributed by atoms with E-state index in [9.17, 15) is 5.26 Å². The van der Waals surface area contributed by atoms with Crippen molar-refractivity contribution in [2.24, 2.45) is 5.92 Å². The third-order valence-electron chi connectivity index (χ3n) is 5.35. The van der Waals surface area contributed by atoms with Crippen molar-refractivity contribution in [2.45, 2.75) is 31.6 Å². The van der Waals surface area contributed by atoms with Gasteiger partial charge in [0.05, 0.1) is 6.07 Å². The molecule has 1 aliphatic rings. The summed E-state index contributed by atoms with van der Waals surface area (Å²) >= 11 is 0. The molecule has 1 atom stereocenters. The first-order valence-electron chi connectivity index (χ1n) is 9.02. The summed E-state index contributed by atoms with van der Waals surface area (Å²) in [5.41, 5.74) is 1.60. The van der Waals surface area contributed by atoms with Gasteiger partial charge in [0.2, 0.25) is 0 Å². The molecule has 0 bridgehead atoms. The molecule has 3 rings (SSSR count). The first-order chi connectivity index (χ1) is 11.8. The molecule has 2 heteroatoms. The van der Waals surface area contributed by atoms with Gasteiger partial charge in [0.1, 0.15) is 5.41 Å². The molecule has 1 heterocycles. The van der Waals surface area contributed by atoms with Gasteiger partial charge in [-0.05, 0) is 43.0 Å². The zero-order valence-corrected chi connectivity index (χ0v) is 14.5. The van der Waals surface area contributed by atoms with Crippen molar-refractivity contribution in [1.82, 2.24) is 4.90 Å². The maximum atomic E-state index is 10.3. The minimum Gasteiger partial charge on any atom is -0.303 e. The fourth-order valence-electron chi connectivity index (χ4n) is 4.04. The first kappa shape index (κ1) is 16.7. The van der Waals surface area contributed by atoms with Crippen molar-refractivity contribution < 1.29 is 0 Å². The summed E-state index contributed by atoms with van der Waals surface area (Å²) in [4.78, 5) is 2.53. The van der Waals surface area contributed by atoms with E-state index in [-0.39, 0.29) is 5.92 Å². The lowest BCUT2D eigenvalue weighted by molar-refractivity contribution is 0.182. The Morgan fingerprint density at radius 3 is 1.88 bits per heavy atom. The number of likely N-dealkylation sites (tertiary alicyclic amines) is 1. The highest BCUT2D eigenvalue weighted by Gasteiger charge is 2.40. The van der Waals surface area contributed by atoms with Crippen molar-refractivity contribution in [1.29, 1.82) is 5.26 Å². The second kappa shape index (κ2) is 7.64. The number of rotatable bonds is 5. The van der Waals surface area contributed by atoms with Gasteiger partial charge in [0, 0.05) is 6.54 Å². The Bertz CT molecular complexity index is 627. The smallest absolute Gasteiger partial charge is 0.111 e. The molecule has 1 saturated heterocycles. The van der Waals surface area contributed by atoms with Gasteiger partial charge < -0.3 is 4.90 Å². The predicted octanol–water partition coefficient (Wildman–Crippen LogP) is 4.62. The Morgan fingerprint density at radius 1 is 0.917 bits per heavy atom. The summed E-state index contributed by atoms with van der Waals surface area (Å²) < 4.78 is 0. The van der Waals surface area contributed by atoms with Gasteiger partial charge in [-0.15, -0.1) is 0 Å². The van der Waals surface area contributed by atoms with Crippen LogP contribution in [0.2, 0.25) is 0 Å². The Labute approximate surface area is 145 Å². The van der Waals surface area contributed by atoms with Crippen molar-refractivity contribution >= 4 is 0 Å². The molecule has 0 radical (unpaired) electrons. The molecular formula is C22H26N2. The summed E-state index contributed by atoms with van der Waals surface area (Å²) in [5, 5.41) is 10.3. The monoisotopic (exact) mass is 318 g/mol. The highest BCUT2D eigenvalue weighted by atomic mass is 15.1. The molecule has 1 aliphatic heterocycles. The van der Waals surface area contributed by atoms with Crippen LogP contribution in [0.15, 0.2) is 60.7 Å². The Hall–Kier alpha value is -2.11. The van der Waals surface area contributed by atoms with Crippen molar-refractivity contribution in [3.63, 3.8) is 0 Å². The van der Waals surface area contributed by atoms with E-state index in [2.05, 4.69) is 42.2 Å². The van der Waals surface area contributed by atoms with Crippen LogP contribution in [0.1, 0.15) is 37.3 Å². The Kier molecular flexibility index (Phi) is 5.33. The Morgan fingerprint density at radius 2 is 1.42 bits per heavy atom.